The Morgan fingerprint density at radius 2 is 1.78 bits per heavy atom. The minimum atomic E-state index is -4.39. The maximum Gasteiger partial charge on any atom is 0.294 e. The summed E-state index contributed by atoms with van der Waals surface area (Å²) < 4.78 is 78.4. The van der Waals surface area contributed by atoms with Crippen LogP contribution in [0.5, 0.6) is 0 Å². The number of hydrogen-bond acceptors (Lipinski definition) is 5. The van der Waals surface area contributed by atoms with Gasteiger partial charge in [-0.2, -0.15) is 13.5 Å². The van der Waals surface area contributed by atoms with Gasteiger partial charge < -0.3 is 0 Å². The highest BCUT2D eigenvalue weighted by Gasteiger charge is 2.18. The normalized spacial score (nSPS) is 20.0. The van der Waals surface area contributed by atoms with E-state index in [0.29, 0.717) is 0 Å². The smallest absolute Gasteiger partial charge is 0.287 e. The van der Waals surface area contributed by atoms with Crippen LogP contribution in [0.3, 0.4) is 0 Å². The van der Waals surface area contributed by atoms with Gasteiger partial charge in [0.25, 0.3) is 10.1 Å². The molecule has 0 saturated carbocycles. The number of fused-ring (bicyclic) bond motifs is 1. The van der Waals surface area contributed by atoms with Crippen LogP contribution in [0.25, 0.3) is 6.05 Å². The molecule has 0 heterocycles. The highest BCUT2D eigenvalue weighted by Crippen LogP contribution is 2.19. The molecule has 7 heteroatoms. The van der Waals surface area contributed by atoms with Crippen molar-refractivity contribution in [3.8, 4) is 0 Å². The molecular formula is C16H12N2O4S. The van der Waals surface area contributed by atoms with Crippen molar-refractivity contribution in [2.75, 3.05) is 5.43 Å². The van der Waals surface area contributed by atoms with Gasteiger partial charge in [-0.3, -0.25) is 14.8 Å². The first kappa shape index (κ1) is 9.39. The van der Waals surface area contributed by atoms with E-state index in [4.69, 9.17) is 12.8 Å². The first-order chi connectivity index (χ1) is 13.4. The molecule has 0 spiro atoms. The van der Waals surface area contributed by atoms with Crippen molar-refractivity contribution in [3.05, 3.63) is 65.6 Å². The Balaban J connectivity index is 2.13. The average Bonchev–Trinajstić information content (AvgIpc) is 2.67. The van der Waals surface area contributed by atoms with Crippen LogP contribution >= 0.6 is 0 Å². The Bertz CT molecular complexity index is 1220. The zero-order chi connectivity index (χ0) is 21.7. The van der Waals surface area contributed by atoms with E-state index < -0.39 is 57.9 Å². The Morgan fingerprint density at radius 3 is 2.48 bits per heavy atom. The van der Waals surface area contributed by atoms with Gasteiger partial charge in [0.15, 0.2) is 0 Å². The van der Waals surface area contributed by atoms with Crippen LogP contribution in [0.15, 0.2) is 64.5 Å². The highest BCUT2D eigenvalue weighted by atomic mass is 32.2. The summed E-state index contributed by atoms with van der Waals surface area (Å²) in [6.45, 7) is 0. The van der Waals surface area contributed by atoms with Crippen LogP contribution in [0.2, 0.25) is 0 Å². The molecular weight excluding hydrogens is 316 g/mol. The van der Waals surface area contributed by atoms with Gasteiger partial charge in [0.1, 0.15) is 5.71 Å². The third kappa shape index (κ3) is 3.20. The molecule has 2 aromatic rings. The lowest BCUT2D eigenvalue weighted by atomic mass is 9.95. The third-order valence-electron chi connectivity index (χ3n) is 2.89. The highest BCUT2D eigenvalue weighted by molar-refractivity contribution is 7.85. The van der Waals surface area contributed by atoms with Gasteiger partial charge in [-0.05, 0) is 35.9 Å². The number of benzene rings is 2. The molecule has 0 unspecified atom stereocenters. The van der Waals surface area contributed by atoms with Crippen molar-refractivity contribution in [3.63, 3.8) is 0 Å². The molecule has 1 aliphatic rings. The summed E-state index contributed by atoms with van der Waals surface area (Å²) in [5, 5.41) is 3.85. The predicted molar refractivity (Wildman–Crippen MR) is 86.9 cm³/mol. The number of nitrogens with zero attached hydrogens (tertiary/aromatic N) is 1. The minimum Gasteiger partial charge on any atom is -0.287 e. The summed E-state index contributed by atoms with van der Waals surface area (Å²) >= 11 is 0. The van der Waals surface area contributed by atoms with Crippen molar-refractivity contribution < 1.29 is 26.0 Å². The molecule has 3 rings (SSSR count). The molecule has 23 heavy (non-hydrogen) atoms. The monoisotopic (exact) mass is 334 g/mol. The number of nitrogens with one attached hydrogen (secondary N) is 1. The summed E-state index contributed by atoms with van der Waals surface area (Å²) in [4.78, 5) is 12.1. The summed E-state index contributed by atoms with van der Waals surface area (Å²) in [6.07, 6.45) is 0. The van der Waals surface area contributed by atoms with Gasteiger partial charge >= 0.3 is 0 Å². The molecule has 2 aromatic carbocycles. The number of hydrazone groups is 1. The first-order valence-corrected chi connectivity index (χ1v) is 7.63. The molecule has 1 aliphatic carbocycles. The van der Waals surface area contributed by atoms with Crippen LogP contribution in [0.4, 0.5) is 5.69 Å². The molecule has 116 valence electrons. The fraction of sp³-hybridized carbons (Fsp3) is 0. The number of hydrogen-bond donors (Lipinski definition) is 2. The number of allylic oxidation sites excluding steroid dienone is 1. The Labute approximate surface area is 141 Å². The lowest BCUT2D eigenvalue weighted by Gasteiger charge is -2.12. The standard InChI is InChI=1S/C16H12N2O4S/c19-15-10-5-11-3-1-2-4-14(11)16(15)18-17-12-6-8-13(9-7-12)23(20,21)22/h1-10,17H,(H,20,21,22)/b18-16-/i1D,2D,3D,4D,5D,10D. The maximum atomic E-state index is 12.5. The molecule has 0 aliphatic heterocycles. The second-order valence-corrected chi connectivity index (χ2v) is 5.82. The van der Waals surface area contributed by atoms with Crippen molar-refractivity contribution >= 4 is 33.4 Å². The van der Waals surface area contributed by atoms with Crippen molar-refractivity contribution in [1.82, 2.24) is 0 Å². The molecule has 0 aromatic heterocycles. The first-order valence-electron chi connectivity index (χ1n) is 9.19. The third-order valence-corrected chi connectivity index (χ3v) is 3.76. The lowest BCUT2D eigenvalue weighted by Crippen LogP contribution is -2.19. The van der Waals surface area contributed by atoms with E-state index in [9.17, 15) is 13.2 Å². The zero-order valence-corrected chi connectivity index (χ0v) is 12.2. The second kappa shape index (κ2) is 5.79. The lowest BCUT2D eigenvalue weighted by molar-refractivity contribution is -0.108. The number of ketones is 1. The quantitative estimate of drug-likeness (QED) is 0.663. The summed E-state index contributed by atoms with van der Waals surface area (Å²) in [5.74, 6) is -1.01. The van der Waals surface area contributed by atoms with E-state index in [2.05, 4.69) is 10.5 Å². The van der Waals surface area contributed by atoms with Crippen LogP contribution < -0.4 is 5.43 Å². The Kier molecular flexibility index (Phi) is 2.36. The Morgan fingerprint density at radius 1 is 1.09 bits per heavy atom. The fourth-order valence-electron chi connectivity index (χ4n) is 1.80. The van der Waals surface area contributed by atoms with Gasteiger partial charge in [0, 0.05) is 5.56 Å². The molecule has 0 saturated heterocycles. The van der Waals surface area contributed by atoms with E-state index in [1.807, 2.05) is 0 Å². The number of carbonyl (C=O) groups excluding carboxylic acids is 1. The number of anilines is 1. The summed E-state index contributed by atoms with van der Waals surface area (Å²) in [5.41, 5.74) is 1.57. The summed E-state index contributed by atoms with van der Waals surface area (Å²) in [7, 11) is -4.39. The molecule has 0 atom stereocenters. The van der Waals surface area contributed by atoms with Crippen molar-refractivity contribution in [2.45, 2.75) is 4.90 Å². The number of rotatable bonds is 3. The van der Waals surface area contributed by atoms with Crippen molar-refractivity contribution in [2.24, 2.45) is 5.10 Å². The molecule has 0 fully saturated rings. The van der Waals surface area contributed by atoms with Gasteiger partial charge in [-0.1, -0.05) is 30.2 Å². The van der Waals surface area contributed by atoms with E-state index in [-0.39, 0.29) is 21.7 Å². The molecule has 0 bridgehead atoms. The van der Waals surface area contributed by atoms with E-state index in [1.54, 1.807) is 0 Å². The zero-order valence-electron chi connectivity index (χ0n) is 17.3. The van der Waals surface area contributed by atoms with Gasteiger partial charge in [-0.25, -0.2) is 0 Å². The molecule has 0 amide bonds. The van der Waals surface area contributed by atoms with Crippen LogP contribution in [-0.2, 0) is 14.9 Å². The number of carbonyl (C=O) groups is 1. The summed E-state index contributed by atoms with van der Waals surface area (Å²) in [6, 6.07) is 0.892. The van der Waals surface area contributed by atoms with E-state index in [1.165, 1.54) is 12.1 Å². The average molecular weight is 334 g/mol. The second-order valence-electron chi connectivity index (χ2n) is 4.40. The predicted octanol–water partition coefficient (Wildman–Crippen LogP) is 2.35. The fourth-order valence-corrected chi connectivity index (χ4v) is 2.28. The van der Waals surface area contributed by atoms with Crippen LogP contribution in [0, 0.1) is 0 Å². The van der Waals surface area contributed by atoms with Crippen molar-refractivity contribution in [1.29, 1.82) is 0 Å². The van der Waals surface area contributed by atoms with Crippen LogP contribution in [-0.4, -0.2) is 24.5 Å². The van der Waals surface area contributed by atoms with Gasteiger partial charge in [0.05, 0.1) is 18.8 Å². The minimum absolute atomic E-state index is 0.201. The van der Waals surface area contributed by atoms with Gasteiger partial charge in [-0.15, -0.1) is 0 Å². The van der Waals surface area contributed by atoms with E-state index in [0.717, 1.165) is 12.1 Å². The molecule has 0 radical (unpaired) electrons. The van der Waals surface area contributed by atoms with E-state index >= 15 is 0 Å². The topological polar surface area (TPSA) is 95.8 Å². The maximum absolute atomic E-state index is 12.5. The van der Waals surface area contributed by atoms with Gasteiger partial charge in [0.2, 0.25) is 5.78 Å². The SMILES string of the molecule is [2H]C1=C([2H])c2c([2H])c([2H])c([2H])c([2H])c2/C(=N/Nc2ccc(S(=O)(=O)O)cc2)C1=O. The van der Waals surface area contributed by atoms with Crippen LogP contribution in [0.1, 0.15) is 19.4 Å². The largest absolute Gasteiger partial charge is 0.294 e. The molecule has 6 nitrogen and oxygen atoms in total. The Hall–Kier alpha value is -2.77. The molecule has 2 N–H and O–H groups in total.